The smallest absolute Gasteiger partial charge is 0.251 e. The number of rotatable bonds is 6. The van der Waals surface area contributed by atoms with Crippen LogP contribution in [0.5, 0.6) is 0 Å². The summed E-state index contributed by atoms with van der Waals surface area (Å²) in [7, 11) is 3.47. The molecule has 2 aromatic carbocycles. The van der Waals surface area contributed by atoms with Crippen LogP contribution in [-0.4, -0.2) is 48.3 Å². The molecule has 5 heteroatoms. The molecular formula is C22H27N3O2. The van der Waals surface area contributed by atoms with E-state index in [9.17, 15) is 9.59 Å². The van der Waals surface area contributed by atoms with Crippen molar-refractivity contribution in [2.24, 2.45) is 0 Å². The number of hydrogen-bond acceptors (Lipinski definition) is 3. The van der Waals surface area contributed by atoms with E-state index in [0.717, 1.165) is 31.5 Å². The first-order valence-corrected chi connectivity index (χ1v) is 9.42. The monoisotopic (exact) mass is 365 g/mol. The van der Waals surface area contributed by atoms with E-state index in [1.807, 2.05) is 37.4 Å². The molecule has 0 aromatic heterocycles. The fourth-order valence-corrected chi connectivity index (χ4v) is 3.63. The molecule has 5 nitrogen and oxygen atoms in total. The predicted molar refractivity (Wildman–Crippen MR) is 106 cm³/mol. The van der Waals surface area contributed by atoms with Crippen LogP contribution in [0.4, 0.5) is 0 Å². The van der Waals surface area contributed by atoms with Crippen LogP contribution in [0.2, 0.25) is 0 Å². The lowest BCUT2D eigenvalue weighted by Crippen LogP contribution is -2.43. The highest BCUT2D eigenvalue weighted by Crippen LogP contribution is 2.22. The standard InChI is InChI=1S/C22H27N3O2/c1-23-21(26)19-12-10-18(11-13-19)15-24(2)22(27)20-9-6-14-25(20)16-17-7-4-3-5-8-17/h3-5,7-8,10-13,20H,6,9,14-16H2,1-2H3,(H,23,26). The minimum Gasteiger partial charge on any atom is -0.355 e. The summed E-state index contributed by atoms with van der Waals surface area (Å²) in [4.78, 5) is 28.7. The van der Waals surface area contributed by atoms with E-state index in [1.165, 1.54) is 5.56 Å². The number of hydrogen-bond donors (Lipinski definition) is 1. The van der Waals surface area contributed by atoms with Gasteiger partial charge < -0.3 is 10.2 Å². The highest BCUT2D eigenvalue weighted by Gasteiger charge is 2.32. The van der Waals surface area contributed by atoms with Gasteiger partial charge in [0.05, 0.1) is 6.04 Å². The van der Waals surface area contributed by atoms with Crippen LogP contribution in [0.15, 0.2) is 54.6 Å². The Kier molecular flexibility index (Phi) is 6.24. The van der Waals surface area contributed by atoms with Crippen molar-refractivity contribution >= 4 is 11.8 Å². The highest BCUT2D eigenvalue weighted by atomic mass is 16.2. The molecule has 1 heterocycles. The molecule has 1 fully saturated rings. The van der Waals surface area contributed by atoms with Crippen LogP contribution >= 0.6 is 0 Å². The summed E-state index contributed by atoms with van der Waals surface area (Å²) in [6, 6.07) is 17.7. The van der Waals surface area contributed by atoms with Crippen LogP contribution in [0.3, 0.4) is 0 Å². The van der Waals surface area contributed by atoms with Gasteiger partial charge in [-0.05, 0) is 42.6 Å². The van der Waals surface area contributed by atoms with E-state index in [4.69, 9.17) is 0 Å². The number of amides is 2. The van der Waals surface area contributed by atoms with Crippen molar-refractivity contribution in [2.45, 2.75) is 32.0 Å². The van der Waals surface area contributed by atoms with Crippen LogP contribution in [-0.2, 0) is 17.9 Å². The van der Waals surface area contributed by atoms with Crippen LogP contribution in [0, 0.1) is 0 Å². The number of likely N-dealkylation sites (N-methyl/N-ethyl adjacent to an activating group) is 1. The van der Waals surface area contributed by atoms with Gasteiger partial charge in [0.2, 0.25) is 5.91 Å². The van der Waals surface area contributed by atoms with E-state index in [1.54, 1.807) is 24.1 Å². The highest BCUT2D eigenvalue weighted by molar-refractivity contribution is 5.93. The lowest BCUT2D eigenvalue weighted by atomic mass is 10.1. The first kappa shape index (κ1) is 19.1. The molecule has 0 aliphatic carbocycles. The van der Waals surface area contributed by atoms with Crippen LogP contribution in [0.1, 0.15) is 34.3 Å². The molecule has 1 aliphatic rings. The zero-order valence-corrected chi connectivity index (χ0v) is 16.0. The molecule has 0 bridgehead atoms. The van der Waals surface area contributed by atoms with Gasteiger partial charge in [-0.3, -0.25) is 14.5 Å². The van der Waals surface area contributed by atoms with Gasteiger partial charge in [0.25, 0.3) is 5.91 Å². The van der Waals surface area contributed by atoms with Crippen molar-refractivity contribution in [3.05, 3.63) is 71.3 Å². The molecule has 2 aromatic rings. The first-order chi connectivity index (χ1) is 13.1. The predicted octanol–water partition coefficient (Wildman–Crippen LogP) is 2.67. The second kappa shape index (κ2) is 8.82. The number of carbonyl (C=O) groups is 2. The van der Waals surface area contributed by atoms with Gasteiger partial charge in [0, 0.05) is 32.7 Å². The summed E-state index contributed by atoms with van der Waals surface area (Å²) in [6.45, 7) is 2.31. The third kappa shape index (κ3) is 4.74. The van der Waals surface area contributed by atoms with Crippen molar-refractivity contribution in [1.29, 1.82) is 0 Å². The number of nitrogens with one attached hydrogen (secondary N) is 1. The summed E-state index contributed by atoms with van der Waals surface area (Å²) in [5.41, 5.74) is 2.89. The Morgan fingerprint density at radius 3 is 2.44 bits per heavy atom. The molecule has 0 spiro atoms. The summed E-state index contributed by atoms with van der Waals surface area (Å²) in [5.74, 6) is 0.0623. The molecule has 0 saturated carbocycles. The summed E-state index contributed by atoms with van der Waals surface area (Å²) < 4.78 is 0. The third-order valence-corrected chi connectivity index (χ3v) is 5.12. The van der Waals surface area contributed by atoms with Gasteiger partial charge in [-0.2, -0.15) is 0 Å². The number of benzene rings is 2. The summed E-state index contributed by atoms with van der Waals surface area (Å²) >= 11 is 0. The van der Waals surface area contributed by atoms with Crippen LogP contribution < -0.4 is 5.32 Å². The molecule has 2 amide bonds. The van der Waals surface area contributed by atoms with E-state index in [2.05, 4.69) is 22.3 Å². The van der Waals surface area contributed by atoms with E-state index < -0.39 is 0 Å². The second-order valence-electron chi connectivity index (χ2n) is 7.08. The molecule has 1 saturated heterocycles. The maximum atomic E-state index is 13.0. The Bertz CT molecular complexity index is 774. The van der Waals surface area contributed by atoms with Crippen LogP contribution in [0.25, 0.3) is 0 Å². The normalized spacial score (nSPS) is 16.9. The molecule has 3 rings (SSSR count). The Balaban J connectivity index is 1.61. The topological polar surface area (TPSA) is 52.7 Å². The lowest BCUT2D eigenvalue weighted by Gasteiger charge is -2.28. The van der Waals surface area contributed by atoms with Gasteiger partial charge in [-0.1, -0.05) is 42.5 Å². The third-order valence-electron chi connectivity index (χ3n) is 5.12. The summed E-state index contributed by atoms with van der Waals surface area (Å²) in [6.07, 6.45) is 1.96. The second-order valence-corrected chi connectivity index (χ2v) is 7.08. The first-order valence-electron chi connectivity index (χ1n) is 9.42. The summed E-state index contributed by atoms with van der Waals surface area (Å²) in [5, 5.41) is 2.61. The molecular weight excluding hydrogens is 338 g/mol. The number of likely N-dealkylation sites (tertiary alicyclic amines) is 1. The van der Waals surface area contributed by atoms with Gasteiger partial charge in [-0.25, -0.2) is 0 Å². The number of nitrogens with zero attached hydrogens (tertiary/aromatic N) is 2. The van der Waals surface area contributed by atoms with Gasteiger partial charge in [0.15, 0.2) is 0 Å². The maximum absolute atomic E-state index is 13.0. The Hall–Kier alpha value is -2.66. The molecule has 1 aliphatic heterocycles. The minimum absolute atomic E-state index is 0.0552. The van der Waals surface area contributed by atoms with E-state index in [-0.39, 0.29) is 17.9 Å². The van der Waals surface area contributed by atoms with Gasteiger partial charge in [0.1, 0.15) is 0 Å². The molecule has 1 unspecified atom stereocenters. The molecule has 0 radical (unpaired) electrons. The van der Waals surface area contributed by atoms with Crippen molar-refractivity contribution < 1.29 is 9.59 Å². The Labute approximate surface area is 161 Å². The molecule has 27 heavy (non-hydrogen) atoms. The number of carbonyl (C=O) groups excluding carboxylic acids is 2. The minimum atomic E-state index is -0.103. The average Bonchev–Trinajstić information content (AvgIpc) is 3.16. The van der Waals surface area contributed by atoms with Crippen molar-refractivity contribution in [3.63, 3.8) is 0 Å². The SMILES string of the molecule is CNC(=O)c1ccc(CN(C)C(=O)C2CCCN2Cc2ccccc2)cc1. The van der Waals surface area contributed by atoms with E-state index in [0.29, 0.717) is 12.1 Å². The lowest BCUT2D eigenvalue weighted by molar-refractivity contribution is -0.135. The fourth-order valence-electron chi connectivity index (χ4n) is 3.63. The molecule has 1 N–H and O–H groups in total. The van der Waals surface area contributed by atoms with E-state index >= 15 is 0 Å². The Morgan fingerprint density at radius 2 is 1.78 bits per heavy atom. The fraction of sp³-hybridized carbons (Fsp3) is 0.364. The largest absolute Gasteiger partial charge is 0.355 e. The molecule has 1 atom stereocenters. The van der Waals surface area contributed by atoms with Crippen molar-refractivity contribution in [2.75, 3.05) is 20.6 Å². The average molecular weight is 365 g/mol. The zero-order chi connectivity index (χ0) is 19.2. The zero-order valence-electron chi connectivity index (χ0n) is 16.0. The van der Waals surface area contributed by atoms with Gasteiger partial charge >= 0.3 is 0 Å². The Morgan fingerprint density at radius 1 is 1.07 bits per heavy atom. The van der Waals surface area contributed by atoms with Crippen molar-refractivity contribution in [3.8, 4) is 0 Å². The van der Waals surface area contributed by atoms with Crippen molar-refractivity contribution in [1.82, 2.24) is 15.1 Å². The van der Waals surface area contributed by atoms with Gasteiger partial charge in [-0.15, -0.1) is 0 Å². The quantitative estimate of drug-likeness (QED) is 0.856. The maximum Gasteiger partial charge on any atom is 0.251 e. The molecule has 142 valence electrons.